The molecule has 0 spiro atoms. The molecule has 0 bridgehead atoms. The Hall–Kier alpha value is -1.33. The Bertz CT molecular complexity index is 500. The first kappa shape index (κ1) is 14.1. The van der Waals surface area contributed by atoms with Gasteiger partial charge in [0, 0.05) is 5.25 Å². The van der Waals surface area contributed by atoms with Crippen molar-refractivity contribution in [1.82, 2.24) is 10.1 Å². The zero-order valence-corrected chi connectivity index (χ0v) is 12.1. The number of nitrogens with zero attached hydrogens (tertiary/aromatic N) is 2. The van der Waals surface area contributed by atoms with Gasteiger partial charge in [-0.15, -0.1) is 0 Å². The lowest BCUT2D eigenvalue weighted by Gasteiger charge is -2.06. The van der Waals surface area contributed by atoms with Crippen LogP contribution in [0.2, 0.25) is 0 Å². The van der Waals surface area contributed by atoms with Crippen LogP contribution in [-0.4, -0.2) is 15.4 Å². The predicted molar refractivity (Wildman–Crippen MR) is 77.8 cm³/mol. The van der Waals surface area contributed by atoms with Gasteiger partial charge in [0.2, 0.25) is 5.89 Å². The number of thioether (sulfide) groups is 1. The largest absolute Gasteiger partial charge is 0.337 e. The smallest absolute Gasteiger partial charge is 0.248 e. The fourth-order valence-corrected chi connectivity index (χ4v) is 2.38. The van der Waals surface area contributed by atoms with Crippen LogP contribution in [0.3, 0.4) is 0 Å². The SMILES string of the molecule is CCC(C)SCc1noc([C@@H](N)c2ccccc2)n1. The predicted octanol–water partition coefficient (Wildman–Crippen LogP) is 3.15. The van der Waals surface area contributed by atoms with Crippen LogP contribution in [0.25, 0.3) is 0 Å². The molecular formula is C14H19N3OS. The number of nitrogens with two attached hydrogens (primary N) is 1. The minimum Gasteiger partial charge on any atom is -0.337 e. The third-order valence-electron chi connectivity index (χ3n) is 2.98. The zero-order valence-electron chi connectivity index (χ0n) is 11.2. The van der Waals surface area contributed by atoms with Gasteiger partial charge in [-0.3, -0.25) is 0 Å². The van der Waals surface area contributed by atoms with Crippen LogP contribution in [0.15, 0.2) is 34.9 Å². The molecule has 1 aromatic heterocycles. The van der Waals surface area contributed by atoms with Gasteiger partial charge >= 0.3 is 0 Å². The molecule has 0 aliphatic rings. The van der Waals surface area contributed by atoms with E-state index in [1.807, 2.05) is 42.1 Å². The number of benzene rings is 1. The second kappa shape index (κ2) is 6.73. The van der Waals surface area contributed by atoms with Crippen molar-refractivity contribution in [3.63, 3.8) is 0 Å². The van der Waals surface area contributed by atoms with Gasteiger partial charge in [0.15, 0.2) is 5.82 Å². The number of hydrogen-bond donors (Lipinski definition) is 1. The van der Waals surface area contributed by atoms with Crippen LogP contribution >= 0.6 is 11.8 Å². The maximum absolute atomic E-state index is 6.11. The molecule has 0 aliphatic heterocycles. The van der Waals surface area contributed by atoms with E-state index in [0.29, 0.717) is 17.0 Å². The van der Waals surface area contributed by atoms with Gasteiger partial charge in [-0.25, -0.2) is 0 Å². The van der Waals surface area contributed by atoms with Crippen LogP contribution in [-0.2, 0) is 5.75 Å². The minimum atomic E-state index is -0.351. The molecule has 0 aliphatic carbocycles. The summed E-state index contributed by atoms with van der Waals surface area (Å²) >= 11 is 1.82. The summed E-state index contributed by atoms with van der Waals surface area (Å²) in [6.07, 6.45) is 1.14. The highest BCUT2D eigenvalue weighted by Gasteiger charge is 2.16. The van der Waals surface area contributed by atoms with E-state index in [-0.39, 0.29) is 6.04 Å². The van der Waals surface area contributed by atoms with E-state index in [1.54, 1.807) is 0 Å². The van der Waals surface area contributed by atoms with Crippen LogP contribution < -0.4 is 5.73 Å². The van der Waals surface area contributed by atoms with E-state index < -0.39 is 0 Å². The van der Waals surface area contributed by atoms with Crippen molar-refractivity contribution in [2.75, 3.05) is 0 Å². The van der Waals surface area contributed by atoms with Crippen molar-refractivity contribution in [3.8, 4) is 0 Å². The summed E-state index contributed by atoms with van der Waals surface area (Å²) in [4.78, 5) is 4.37. The lowest BCUT2D eigenvalue weighted by Crippen LogP contribution is -2.12. The van der Waals surface area contributed by atoms with E-state index in [4.69, 9.17) is 10.3 Å². The van der Waals surface area contributed by atoms with E-state index in [0.717, 1.165) is 17.7 Å². The average molecular weight is 277 g/mol. The van der Waals surface area contributed by atoms with Crippen LogP contribution in [0, 0.1) is 0 Å². The first-order chi connectivity index (χ1) is 9.20. The molecule has 0 saturated carbocycles. The van der Waals surface area contributed by atoms with E-state index in [9.17, 15) is 0 Å². The van der Waals surface area contributed by atoms with Crippen molar-refractivity contribution in [3.05, 3.63) is 47.6 Å². The Labute approximate surface area is 117 Å². The Morgan fingerprint density at radius 3 is 2.74 bits per heavy atom. The van der Waals surface area contributed by atoms with Gasteiger partial charge in [-0.1, -0.05) is 49.3 Å². The highest BCUT2D eigenvalue weighted by Crippen LogP contribution is 2.21. The maximum Gasteiger partial charge on any atom is 0.248 e. The molecule has 2 aromatic rings. The Kier molecular flexibility index (Phi) is 4.99. The van der Waals surface area contributed by atoms with Crippen molar-refractivity contribution < 1.29 is 4.52 Å². The van der Waals surface area contributed by atoms with Crippen LogP contribution in [0.4, 0.5) is 0 Å². The third kappa shape index (κ3) is 3.81. The lowest BCUT2D eigenvalue weighted by molar-refractivity contribution is 0.363. The molecule has 0 radical (unpaired) electrons. The molecule has 2 atom stereocenters. The molecule has 19 heavy (non-hydrogen) atoms. The number of rotatable bonds is 6. The van der Waals surface area contributed by atoms with Gasteiger partial charge in [-0.05, 0) is 12.0 Å². The summed E-state index contributed by atoms with van der Waals surface area (Å²) in [6, 6.07) is 9.43. The Balaban J connectivity index is 2.01. The topological polar surface area (TPSA) is 64.9 Å². The molecule has 4 nitrogen and oxygen atoms in total. The highest BCUT2D eigenvalue weighted by molar-refractivity contribution is 7.99. The molecule has 1 aromatic carbocycles. The van der Waals surface area contributed by atoms with Gasteiger partial charge < -0.3 is 10.3 Å². The highest BCUT2D eigenvalue weighted by atomic mass is 32.2. The first-order valence-electron chi connectivity index (χ1n) is 6.45. The van der Waals surface area contributed by atoms with Crippen molar-refractivity contribution >= 4 is 11.8 Å². The molecule has 0 fully saturated rings. The molecule has 1 unspecified atom stereocenters. The van der Waals surface area contributed by atoms with Crippen molar-refractivity contribution in [2.45, 2.75) is 37.3 Å². The fraction of sp³-hybridized carbons (Fsp3) is 0.429. The summed E-state index contributed by atoms with van der Waals surface area (Å²) < 4.78 is 5.25. The van der Waals surface area contributed by atoms with E-state index in [1.165, 1.54) is 0 Å². The van der Waals surface area contributed by atoms with Gasteiger partial charge in [0.05, 0.1) is 5.75 Å². The minimum absolute atomic E-state index is 0.351. The number of hydrogen-bond acceptors (Lipinski definition) is 5. The summed E-state index contributed by atoms with van der Waals surface area (Å²) in [7, 11) is 0. The van der Waals surface area contributed by atoms with E-state index in [2.05, 4.69) is 24.0 Å². The lowest BCUT2D eigenvalue weighted by atomic mass is 10.1. The molecule has 0 saturated heterocycles. The van der Waals surface area contributed by atoms with Crippen LogP contribution in [0.1, 0.15) is 43.6 Å². The third-order valence-corrected chi connectivity index (χ3v) is 4.31. The van der Waals surface area contributed by atoms with Gasteiger partial charge in [0.25, 0.3) is 0 Å². The molecule has 102 valence electrons. The summed E-state index contributed by atoms with van der Waals surface area (Å²) in [6.45, 7) is 4.37. The molecular weight excluding hydrogens is 258 g/mol. The Morgan fingerprint density at radius 1 is 1.32 bits per heavy atom. The Morgan fingerprint density at radius 2 is 2.05 bits per heavy atom. The van der Waals surface area contributed by atoms with Gasteiger partial charge in [0.1, 0.15) is 6.04 Å². The summed E-state index contributed by atoms with van der Waals surface area (Å²) in [5.41, 5.74) is 7.09. The normalized spacial score (nSPS) is 14.3. The fourth-order valence-electron chi connectivity index (χ4n) is 1.59. The molecule has 1 heterocycles. The maximum atomic E-state index is 6.11. The molecule has 5 heteroatoms. The monoisotopic (exact) mass is 277 g/mol. The molecule has 0 amide bonds. The van der Waals surface area contributed by atoms with E-state index >= 15 is 0 Å². The molecule has 2 N–H and O–H groups in total. The zero-order chi connectivity index (χ0) is 13.7. The van der Waals surface area contributed by atoms with Crippen LogP contribution in [0.5, 0.6) is 0 Å². The standard InChI is InChI=1S/C14H19N3OS/c1-3-10(2)19-9-12-16-14(18-17-12)13(15)11-7-5-4-6-8-11/h4-8,10,13H,3,9,15H2,1-2H3/t10?,13-/m0/s1. The quantitative estimate of drug-likeness (QED) is 0.878. The number of aromatic nitrogens is 2. The van der Waals surface area contributed by atoms with Crippen molar-refractivity contribution in [1.29, 1.82) is 0 Å². The summed E-state index contributed by atoms with van der Waals surface area (Å²) in [5, 5.41) is 4.58. The van der Waals surface area contributed by atoms with Crippen molar-refractivity contribution in [2.24, 2.45) is 5.73 Å². The second-order valence-electron chi connectivity index (χ2n) is 4.47. The van der Waals surface area contributed by atoms with Gasteiger partial charge in [-0.2, -0.15) is 16.7 Å². The average Bonchev–Trinajstić information content (AvgIpc) is 2.93. The first-order valence-corrected chi connectivity index (χ1v) is 7.50. The second-order valence-corrected chi connectivity index (χ2v) is 5.89. The summed E-state index contributed by atoms with van der Waals surface area (Å²) in [5.74, 6) is 1.96. The molecule has 2 rings (SSSR count).